The van der Waals surface area contributed by atoms with Crippen molar-refractivity contribution in [1.82, 2.24) is 10.2 Å². The van der Waals surface area contributed by atoms with Gasteiger partial charge in [-0.05, 0) is 49.6 Å². The van der Waals surface area contributed by atoms with Crippen LogP contribution in [-0.2, 0) is 28.3 Å². The molecule has 184 valence electrons. The van der Waals surface area contributed by atoms with Gasteiger partial charge in [0.05, 0.1) is 5.75 Å². The Kier molecular flexibility index (Phi) is 10.4. The van der Waals surface area contributed by atoms with Crippen LogP contribution in [0.5, 0.6) is 0 Å². The van der Waals surface area contributed by atoms with Crippen molar-refractivity contribution in [3.8, 4) is 0 Å². The first-order valence-electron chi connectivity index (χ1n) is 11.8. The maximum atomic E-state index is 13.6. The minimum atomic E-state index is -0.605. The molecule has 1 unspecified atom stereocenters. The molecule has 4 nitrogen and oxygen atoms in total. The van der Waals surface area contributed by atoms with Crippen LogP contribution in [0.3, 0.4) is 0 Å². The van der Waals surface area contributed by atoms with Gasteiger partial charge in [-0.3, -0.25) is 9.59 Å². The van der Waals surface area contributed by atoms with Gasteiger partial charge < -0.3 is 10.2 Å². The molecule has 1 atom stereocenters. The number of carbonyl (C=O) groups excluding carboxylic acids is 2. The maximum absolute atomic E-state index is 13.6. The summed E-state index contributed by atoms with van der Waals surface area (Å²) in [5, 5.41) is 3.03. The summed E-state index contributed by atoms with van der Waals surface area (Å²) < 4.78 is 0.947. The summed E-state index contributed by atoms with van der Waals surface area (Å²) in [6.45, 7) is 6.31. The Morgan fingerprint density at radius 2 is 1.60 bits per heavy atom. The third kappa shape index (κ3) is 8.86. The van der Waals surface area contributed by atoms with Gasteiger partial charge in [0.1, 0.15) is 6.04 Å². The van der Waals surface area contributed by atoms with Crippen molar-refractivity contribution < 1.29 is 9.59 Å². The number of aryl methyl sites for hydroxylation is 1. The molecule has 0 radical (unpaired) electrons. The predicted octanol–water partition coefficient (Wildman–Crippen LogP) is 6.16. The molecule has 0 aromatic heterocycles. The van der Waals surface area contributed by atoms with E-state index in [1.807, 2.05) is 68.4 Å². The molecule has 0 fully saturated rings. The van der Waals surface area contributed by atoms with E-state index in [-0.39, 0.29) is 17.9 Å². The summed E-state index contributed by atoms with van der Waals surface area (Å²) in [5.41, 5.74) is 4.41. The lowest BCUT2D eigenvalue weighted by Gasteiger charge is -2.32. The van der Waals surface area contributed by atoms with Crippen molar-refractivity contribution in [1.29, 1.82) is 0 Å². The van der Waals surface area contributed by atoms with E-state index in [1.165, 1.54) is 11.1 Å². The number of nitrogens with one attached hydrogen (secondary N) is 1. The molecular formula is C29H33BrN2O2S. The smallest absolute Gasteiger partial charge is 0.243 e. The molecule has 0 bridgehead atoms. The van der Waals surface area contributed by atoms with E-state index < -0.39 is 6.04 Å². The van der Waals surface area contributed by atoms with Gasteiger partial charge in [-0.25, -0.2) is 0 Å². The number of benzene rings is 3. The van der Waals surface area contributed by atoms with Crippen LogP contribution in [0, 0.1) is 6.92 Å². The summed E-state index contributed by atoms with van der Waals surface area (Å²) in [7, 11) is 0. The second-order valence-electron chi connectivity index (χ2n) is 9.00. The van der Waals surface area contributed by atoms with Gasteiger partial charge in [0.15, 0.2) is 0 Å². The molecule has 0 aliphatic heterocycles. The number of amides is 2. The molecule has 1 N–H and O–H groups in total. The van der Waals surface area contributed by atoms with Gasteiger partial charge in [0.2, 0.25) is 11.8 Å². The van der Waals surface area contributed by atoms with Gasteiger partial charge in [-0.15, -0.1) is 11.8 Å². The number of hydrogen-bond acceptors (Lipinski definition) is 3. The van der Waals surface area contributed by atoms with Gasteiger partial charge in [-0.2, -0.15) is 0 Å². The molecule has 3 aromatic rings. The maximum Gasteiger partial charge on any atom is 0.243 e. The quantitative estimate of drug-likeness (QED) is 0.310. The van der Waals surface area contributed by atoms with Crippen molar-refractivity contribution in [3.63, 3.8) is 0 Å². The van der Waals surface area contributed by atoms with Crippen LogP contribution in [-0.4, -0.2) is 34.6 Å². The fourth-order valence-corrected chi connectivity index (χ4v) is 5.11. The van der Waals surface area contributed by atoms with E-state index in [0.29, 0.717) is 18.7 Å². The van der Waals surface area contributed by atoms with E-state index >= 15 is 0 Å². The summed E-state index contributed by atoms with van der Waals surface area (Å²) in [4.78, 5) is 28.7. The van der Waals surface area contributed by atoms with Gasteiger partial charge in [-0.1, -0.05) is 88.2 Å². The molecular weight excluding hydrogens is 520 g/mol. The van der Waals surface area contributed by atoms with Crippen LogP contribution in [0.2, 0.25) is 0 Å². The third-order valence-electron chi connectivity index (χ3n) is 5.56. The summed E-state index contributed by atoms with van der Waals surface area (Å²) in [6.07, 6.45) is 0.460. The van der Waals surface area contributed by atoms with E-state index in [9.17, 15) is 9.59 Å². The summed E-state index contributed by atoms with van der Waals surface area (Å²) in [5.74, 6) is 0.887. The van der Waals surface area contributed by atoms with Gasteiger partial charge in [0.25, 0.3) is 0 Å². The largest absolute Gasteiger partial charge is 0.352 e. The van der Waals surface area contributed by atoms with E-state index in [4.69, 9.17) is 0 Å². The monoisotopic (exact) mass is 552 g/mol. The zero-order valence-corrected chi connectivity index (χ0v) is 22.9. The first-order valence-corrected chi connectivity index (χ1v) is 13.8. The van der Waals surface area contributed by atoms with Crippen LogP contribution in [0.25, 0.3) is 0 Å². The van der Waals surface area contributed by atoms with Crippen LogP contribution in [0.15, 0.2) is 83.3 Å². The second kappa shape index (κ2) is 13.5. The summed E-state index contributed by atoms with van der Waals surface area (Å²) >= 11 is 5.11. The molecule has 0 aliphatic carbocycles. The molecule has 3 rings (SSSR count). The van der Waals surface area contributed by atoms with Crippen LogP contribution < -0.4 is 5.32 Å². The zero-order chi connectivity index (χ0) is 25.2. The van der Waals surface area contributed by atoms with E-state index in [0.717, 1.165) is 21.4 Å². The topological polar surface area (TPSA) is 49.4 Å². The Hall–Kier alpha value is -2.57. The number of nitrogens with zero attached hydrogens (tertiary/aromatic N) is 1. The highest BCUT2D eigenvalue weighted by Gasteiger charge is 2.30. The summed E-state index contributed by atoms with van der Waals surface area (Å²) in [6, 6.07) is 25.5. The van der Waals surface area contributed by atoms with E-state index in [1.54, 1.807) is 16.7 Å². The van der Waals surface area contributed by atoms with Crippen molar-refractivity contribution >= 4 is 39.5 Å². The molecule has 0 aliphatic rings. The molecule has 0 saturated carbocycles. The lowest BCUT2D eigenvalue weighted by molar-refractivity contribution is -0.139. The third-order valence-corrected chi connectivity index (χ3v) is 7.04. The van der Waals surface area contributed by atoms with Crippen molar-refractivity contribution in [2.75, 3.05) is 5.75 Å². The van der Waals surface area contributed by atoms with Crippen LogP contribution >= 0.6 is 27.7 Å². The fourth-order valence-electron chi connectivity index (χ4n) is 3.79. The Morgan fingerprint density at radius 1 is 0.914 bits per heavy atom. The number of hydrogen-bond donors (Lipinski definition) is 1. The van der Waals surface area contributed by atoms with Crippen molar-refractivity contribution in [2.24, 2.45) is 0 Å². The molecule has 2 amide bonds. The Morgan fingerprint density at radius 3 is 2.26 bits per heavy atom. The Labute approximate surface area is 221 Å². The zero-order valence-electron chi connectivity index (χ0n) is 20.5. The molecule has 0 spiro atoms. The van der Waals surface area contributed by atoms with E-state index in [2.05, 4.69) is 52.4 Å². The molecule has 35 heavy (non-hydrogen) atoms. The second-order valence-corrected chi connectivity index (χ2v) is 10.9. The van der Waals surface area contributed by atoms with Crippen LogP contribution in [0.4, 0.5) is 0 Å². The van der Waals surface area contributed by atoms with Gasteiger partial charge >= 0.3 is 0 Å². The normalized spacial score (nSPS) is 11.8. The average molecular weight is 554 g/mol. The first kappa shape index (κ1) is 27.0. The van der Waals surface area contributed by atoms with Gasteiger partial charge in [0, 0.05) is 29.2 Å². The average Bonchev–Trinajstić information content (AvgIpc) is 2.82. The molecule has 0 heterocycles. The van der Waals surface area contributed by atoms with Crippen molar-refractivity contribution in [2.45, 2.75) is 51.6 Å². The number of carbonyl (C=O) groups is 2. The molecule has 3 aromatic carbocycles. The predicted molar refractivity (Wildman–Crippen MR) is 149 cm³/mol. The molecule has 6 heteroatoms. The number of halogens is 1. The highest BCUT2D eigenvalue weighted by Crippen LogP contribution is 2.20. The Bertz CT molecular complexity index is 1100. The number of rotatable bonds is 11. The fraction of sp³-hybridized carbons (Fsp3) is 0.310. The van der Waals surface area contributed by atoms with Crippen molar-refractivity contribution in [3.05, 3.63) is 106 Å². The minimum Gasteiger partial charge on any atom is -0.352 e. The highest BCUT2D eigenvalue weighted by atomic mass is 79.9. The SMILES string of the molecule is Cc1ccc(CSCC(=O)N(Cc2cccc(Br)c2)C(Cc2ccccc2)C(=O)NC(C)C)cc1. The first-order chi connectivity index (χ1) is 16.8. The highest BCUT2D eigenvalue weighted by molar-refractivity contribution is 9.10. The number of thioether (sulfide) groups is 1. The van der Waals surface area contributed by atoms with Crippen LogP contribution in [0.1, 0.15) is 36.1 Å². The Balaban J connectivity index is 1.84. The molecule has 0 saturated heterocycles. The standard InChI is InChI=1S/C29H33BrN2O2S/c1-21(2)31-29(34)27(17-23-8-5-4-6-9-23)32(18-25-10-7-11-26(30)16-25)28(33)20-35-19-24-14-12-22(3)13-15-24/h4-16,21,27H,17-20H2,1-3H3,(H,31,34). The lowest BCUT2D eigenvalue weighted by atomic mass is 10.0. The lowest BCUT2D eigenvalue weighted by Crippen LogP contribution is -2.52. The minimum absolute atomic E-state index is 0.0143.